The van der Waals surface area contributed by atoms with Gasteiger partial charge in [-0.25, -0.2) is 14.2 Å². The number of aromatic nitrogens is 1. The predicted molar refractivity (Wildman–Crippen MR) is 44.9 cm³/mol. The molecule has 0 amide bonds. The molecule has 13 heavy (non-hydrogen) atoms. The monoisotopic (exact) mass is 183 g/mol. The van der Waals surface area contributed by atoms with Crippen LogP contribution in [0.15, 0.2) is 12.1 Å². The van der Waals surface area contributed by atoms with Crippen LogP contribution in [0.25, 0.3) is 0 Å². The van der Waals surface area contributed by atoms with Crippen molar-refractivity contribution in [2.45, 2.75) is 13.3 Å². The van der Waals surface area contributed by atoms with Gasteiger partial charge in [0.15, 0.2) is 0 Å². The number of rotatable bonds is 2. The number of methoxy groups -OCH3 is 1. The first-order valence-electron chi connectivity index (χ1n) is 3.92. The van der Waals surface area contributed by atoms with Crippen LogP contribution in [0.5, 0.6) is 0 Å². The highest BCUT2D eigenvalue weighted by molar-refractivity contribution is 5.87. The predicted octanol–water partition coefficient (Wildman–Crippen LogP) is 1.57. The Labute approximate surface area is 75.6 Å². The average molecular weight is 183 g/mol. The summed E-state index contributed by atoms with van der Waals surface area (Å²) in [6, 6.07) is 2.53. The third-order valence-electron chi connectivity index (χ3n) is 1.65. The number of aryl methyl sites for hydroxylation is 1. The van der Waals surface area contributed by atoms with Gasteiger partial charge in [-0.3, -0.25) is 0 Å². The maximum Gasteiger partial charge on any atom is 0.356 e. The Bertz CT molecular complexity index is 325. The van der Waals surface area contributed by atoms with Crippen LogP contribution in [-0.2, 0) is 11.2 Å². The van der Waals surface area contributed by atoms with Crippen molar-refractivity contribution in [3.05, 3.63) is 29.3 Å². The topological polar surface area (TPSA) is 39.2 Å². The molecule has 4 heteroatoms. The molecule has 1 heterocycles. The molecule has 0 bridgehead atoms. The zero-order valence-electron chi connectivity index (χ0n) is 7.50. The molecule has 3 nitrogen and oxygen atoms in total. The summed E-state index contributed by atoms with van der Waals surface area (Å²) in [4.78, 5) is 14.8. The number of halogens is 1. The lowest BCUT2D eigenvalue weighted by Crippen LogP contribution is -2.06. The van der Waals surface area contributed by atoms with Gasteiger partial charge in [0.25, 0.3) is 0 Å². The normalized spacial score (nSPS) is 9.77. The fourth-order valence-electron chi connectivity index (χ4n) is 0.951. The zero-order chi connectivity index (χ0) is 9.84. The van der Waals surface area contributed by atoms with Crippen molar-refractivity contribution in [3.63, 3.8) is 0 Å². The lowest BCUT2D eigenvalue weighted by Gasteiger charge is -2.01. The second-order valence-electron chi connectivity index (χ2n) is 2.47. The van der Waals surface area contributed by atoms with Gasteiger partial charge in [0.2, 0.25) is 0 Å². The maximum absolute atomic E-state index is 12.9. The molecule has 70 valence electrons. The Hall–Kier alpha value is -1.45. The van der Waals surface area contributed by atoms with E-state index in [1.54, 1.807) is 6.92 Å². The van der Waals surface area contributed by atoms with Crippen LogP contribution >= 0.6 is 0 Å². The fourth-order valence-corrected chi connectivity index (χ4v) is 0.951. The molecule has 0 N–H and O–H groups in total. The lowest BCUT2D eigenvalue weighted by atomic mass is 10.2. The third-order valence-corrected chi connectivity index (χ3v) is 1.65. The summed E-state index contributed by atoms with van der Waals surface area (Å²) in [5.74, 6) is -0.940. The Morgan fingerprint density at radius 2 is 2.31 bits per heavy atom. The Kier molecular flexibility index (Phi) is 2.95. The standard InChI is InChI=1S/C9H10FNO2/c1-3-7-6(10)4-5-8(11-7)9(12)13-2/h4-5H,3H2,1-2H3. The molecule has 0 fully saturated rings. The minimum absolute atomic E-state index is 0.140. The Balaban J connectivity index is 3.06. The molecule has 0 aliphatic heterocycles. The van der Waals surface area contributed by atoms with Crippen LogP contribution in [0.1, 0.15) is 23.1 Å². The van der Waals surface area contributed by atoms with Crippen molar-refractivity contribution in [1.82, 2.24) is 4.98 Å². The summed E-state index contributed by atoms with van der Waals surface area (Å²) in [6.07, 6.45) is 0.455. The van der Waals surface area contributed by atoms with E-state index in [9.17, 15) is 9.18 Å². The molecule has 0 saturated heterocycles. The SMILES string of the molecule is CCc1nc(C(=O)OC)ccc1F. The second-order valence-corrected chi connectivity index (χ2v) is 2.47. The van der Waals surface area contributed by atoms with Crippen molar-refractivity contribution >= 4 is 5.97 Å². The number of carbonyl (C=O) groups excluding carboxylic acids is 1. The summed E-state index contributed by atoms with van der Waals surface area (Å²) >= 11 is 0. The van der Waals surface area contributed by atoms with Crippen LogP contribution in [0.4, 0.5) is 4.39 Å². The Morgan fingerprint density at radius 3 is 2.85 bits per heavy atom. The van der Waals surface area contributed by atoms with Gasteiger partial charge in [0, 0.05) is 0 Å². The van der Waals surface area contributed by atoms with E-state index in [-0.39, 0.29) is 11.4 Å². The van der Waals surface area contributed by atoms with Gasteiger partial charge >= 0.3 is 5.97 Å². The summed E-state index contributed by atoms with van der Waals surface area (Å²) in [5, 5.41) is 0. The number of hydrogen-bond acceptors (Lipinski definition) is 3. The van der Waals surface area contributed by atoms with E-state index in [2.05, 4.69) is 9.72 Å². The van der Waals surface area contributed by atoms with Crippen molar-refractivity contribution in [1.29, 1.82) is 0 Å². The third kappa shape index (κ3) is 2.02. The van der Waals surface area contributed by atoms with Crippen LogP contribution in [0.2, 0.25) is 0 Å². The molecule has 0 aromatic carbocycles. The van der Waals surface area contributed by atoms with Gasteiger partial charge in [-0.2, -0.15) is 0 Å². The van der Waals surface area contributed by atoms with Crippen molar-refractivity contribution < 1.29 is 13.9 Å². The number of ether oxygens (including phenoxy) is 1. The van der Waals surface area contributed by atoms with Crippen molar-refractivity contribution in [2.24, 2.45) is 0 Å². The van der Waals surface area contributed by atoms with E-state index < -0.39 is 11.8 Å². The Morgan fingerprint density at radius 1 is 1.62 bits per heavy atom. The number of nitrogens with zero attached hydrogens (tertiary/aromatic N) is 1. The molecule has 0 aliphatic rings. The molecule has 1 aromatic rings. The van der Waals surface area contributed by atoms with Gasteiger partial charge < -0.3 is 4.74 Å². The minimum atomic E-state index is -0.547. The van der Waals surface area contributed by atoms with E-state index in [4.69, 9.17) is 0 Å². The minimum Gasteiger partial charge on any atom is -0.464 e. The van der Waals surface area contributed by atoms with Crippen LogP contribution < -0.4 is 0 Å². The van der Waals surface area contributed by atoms with Crippen molar-refractivity contribution in [2.75, 3.05) is 7.11 Å². The quantitative estimate of drug-likeness (QED) is 0.653. The molecule has 0 atom stereocenters. The van der Waals surface area contributed by atoms with Crippen LogP contribution in [0.3, 0.4) is 0 Å². The van der Waals surface area contributed by atoms with E-state index in [1.807, 2.05) is 0 Å². The highest BCUT2D eigenvalue weighted by Crippen LogP contribution is 2.07. The molecule has 0 spiro atoms. The average Bonchev–Trinajstić information content (AvgIpc) is 2.17. The van der Waals surface area contributed by atoms with E-state index in [0.717, 1.165) is 0 Å². The van der Waals surface area contributed by atoms with Gasteiger partial charge in [-0.05, 0) is 18.6 Å². The molecule has 0 saturated carbocycles. The van der Waals surface area contributed by atoms with Gasteiger partial charge in [0.1, 0.15) is 11.5 Å². The van der Waals surface area contributed by atoms with Gasteiger partial charge in [0.05, 0.1) is 12.8 Å². The van der Waals surface area contributed by atoms with Crippen molar-refractivity contribution in [3.8, 4) is 0 Å². The summed E-state index contributed by atoms with van der Waals surface area (Å²) in [7, 11) is 1.26. The number of pyridine rings is 1. The molecule has 1 aromatic heterocycles. The molecule has 0 unspecified atom stereocenters. The molecule has 1 rings (SSSR count). The molecular formula is C9H10FNO2. The summed E-state index contributed by atoms with van der Waals surface area (Å²) < 4.78 is 17.4. The molecular weight excluding hydrogens is 173 g/mol. The van der Waals surface area contributed by atoms with E-state index in [0.29, 0.717) is 6.42 Å². The first-order valence-corrected chi connectivity index (χ1v) is 3.92. The first-order chi connectivity index (χ1) is 6.19. The van der Waals surface area contributed by atoms with E-state index in [1.165, 1.54) is 19.2 Å². The van der Waals surface area contributed by atoms with E-state index >= 15 is 0 Å². The number of hydrogen-bond donors (Lipinski definition) is 0. The number of esters is 1. The van der Waals surface area contributed by atoms with Gasteiger partial charge in [-0.15, -0.1) is 0 Å². The molecule has 0 radical (unpaired) electrons. The van der Waals surface area contributed by atoms with Crippen LogP contribution in [-0.4, -0.2) is 18.1 Å². The zero-order valence-corrected chi connectivity index (χ0v) is 7.50. The summed E-state index contributed by atoms with van der Waals surface area (Å²) in [6.45, 7) is 1.77. The highest BCUT2D eigenvalue weighted by Gasteiger charge is 2.09. The highest BCUT2D eigenvalue weighted by atomic mass is 19.1. The second kappa shape index (κ2) is 3.98. The first kappa shape index (κ1) is 9.64. The fraction of sp³-hybridized carbons (Fsp3) is 0.333. The summed E-state index contributed by atoms with van der Waals surface area (Å²) in [5.41, 5.74) is 0.420. The maximum atomic E-state index is 12.9. The molecule has 0 aliphatic carbocycles. The van der Waals surface area contributed by atoms with Crippen LogP contribution in [0, 0.1) is 5.82 Å². The smallest absolute Gasteiger partial charge is 0.356 e. The number of carbonyl (C=O) groups is 1. The largest absolute Gasteiger partial charge is 0.464 e. The van der Waals surface area contributed by atoms with Gasteiger partial charge in [-0.1, -0.05) is 6.92 Å². The lowest BCUT2D eigenvalue weighted by molar-refractivity contribution is 0.0593.